The van der Waals surface area contributed by atoms with Crippen LogP contribution in [0.1, 0.15) is 32.4 Å². The van der Waals surface area contributed by atoms with Crippen LogP contribution in [0.3, 0.4) is 0 Å². The van der Waals surface area contributed by atoms with Crippen LogP contribution in [0.5, 0.6) is 0 Å². The zero-order valence-corrected chi connectivity index (χ0v) is 11.9. The van der Waals surface area contributed by atoms with Gasteiger partial charge in [-0.2, -0.15) is 0 Å². The van der Waals surface area contributed by atoms with Gasteiger partial charge in [-0.1, -0.05) is 37.6 Å². The van der Waals surface area contributed by atoms with Gasteiger partial charge in [-0.25, -0.2) is 4.98 Å². The van der Waals surface area contributed by atoms with Crippen LogP contribution in [0.2, 0.25) is 0 Å². The summed E-state index contributed by atoms with van der Waals surface area (Å²) >= 11 is 0. The molecule has 3 heteroatoms. The number of unbranched alkanes of at least 4 members (excludes halogenated alkanes) is 1. The van der Waals surface area contributed by atoms with E-state index in [-0.39, 0.29) is 0 Å². The minimum atomic E-state index is 0.489. The number of rotatable bonds is 6. The Morgan fingerprint density at radius 3 is 2.68 bits per heavy atom. The van der Waals surface area contributed by atoms with Gasteiger partial charge in [0.2, 0.25) is 0 Å². The number of nitrogens with zero attached hydrogens (tertiary/aromatic N) is 2. The van der Waals surface area contributed by atoms with Gasteiger partial charge < -0.3 is 10.6 Å². The van der Waals surface area contributed by atoms with Crippen molar-refractivity contribution < 1.29 is 0 Å². The molecule has 0 saturated heterocycles. The summed E-state index contributed by atoms with van der Waals surface area (Å²) in [5.74, 6) is 1.08. The Kier molecular flexibility index (Phi) is 4.74. The zero-order chi connectivity index (χ0) is 13.7. The first-order chi connectivity index (χ1) is 9.30. The fourth-order valence-electron chi connectivity index (χ4n) is 2.34. The van der Waals surface area contributed by atoms with Crippen molar-refractivity contribution in [1.82, 2.24) is 4.98 Å². The maximum absolute atomic E-state index is 5.77. The fourth-order valence-corrected chi connectivity index (χ4v) is 2.34. The highest BCUT2D eigenvalue weighted by molar-refractivity contribution is 5.92. The lowest BCUT2D eigenvalue weighted by Crippen LogP contribution is -2.25. The molecule has 0 aliphatic rings. The van der Waals surface area contributed by atoms with Crippen LogP contribution in [0.15, 0.2) is 30.3 Å². The zero-order valence-electron chi connectivity index (χ0n) is 11.9. The van der Waals surface area contributed by atoms with Crippen LogP contribution in [-0.2, 0) is 6.54 Å². The second-order valence-corrected chi connectivity index (χ2v) is 4.80. The quantitative estimate of drug-likeness (QED) is 0.863. The van der Waals surface area contributed by atoms with E-state index in [0.29, 0.717) is 6.54 Å². The molecule has 0 saturated carbocycles. The Morgan fingerprint density at radius 1 is 1.21 bits per heavy atom. The summed E-state index contributed by atoms with van der Waals surface area (Å²) in [6.07, 6.45) is 2.39. The van der Waals surface area contributed by atoms with Crippen molar-refractivity contribution in [3.8, 4) is 0 Å². The Balaban J connectivity index is 2.49. The highest BCUT2D eigenvalue weighted by Gasteiger charge is 2.11. The first kappa shape index (κ1) is 13.8. The highest BCUT2D eigenvalue weighted by atomic mass is 15.2. The molecule has 1 aromatic heterocycles. The van der Waals surface area contributed by atoms with Gasteiger partial charge in [-0.15, -0.1) is 0 Å². The van der Waals surface area contributed by atoms with Gasteiger partial charge in [0.15, 0.2) is 0 Å². The molecule has 19 heavy (non-hydrogen) atoms. The molecule has 0 aliphatic carbocycles. The number of anilines is 1. The van der Waals surface area contributed by atoms with Gasteiger partial charge in [0, 0.05) is 25.0 Å². The summed E-state index contributed by atoms with van der Waals surface area (Å²) in [5, 5.41) is 2.44. The minimum absolute atomic E-state index is 0.489. The summed E-state index contributed by atoms with van der Waals surface area (Å²) in [7, 11) is 0. The van der Waals surface area contributed by atoms with Crippen LogP contribution < -0.4 is 10.6 Å². The monoisotopic (exact) mass is 257 g/mol. The first-order valence-electron chi connectivity index (χ1n) is 7.13. The standard InChI is InChI=1S/C16H23N3/c1-3-5-10-19(4-2)16-15-9-7-6-8-13(15)11-14(12-17)18-16/h6-9,11H,3-5,10,12,17H2,1-2H3. The normalized spacial score (nSPS) is 10.9. The van der Waals surface area contributed by atoms with Gasteiger partial charge >= 0.3 is 0 Å². The Hall–Kier alpha value is -1.61. The molecule has 3 nitrogen and oxygen atoms in total. The van der Waals surface area contributed by atoms with E-state index in [1.54, 1.807) is 0 Å². The van der Waals surface area contributed by atoms with Gasteiger partial charge in [0.25, 0.3) is 0 Å². The smallest absolute Gasteiger partial charge is 0.136 e. The number of hydrogen-bond donors (Lipinski definition) is 1. The van der Waals surface area contributed by atoms with E-state index in [2.05, 4.69) is 49.1 Å². The lowest BCUT2D eigenvalue weighted by Gasteiger charge is -2.24. The Bertz CT molecular complexity index is 537. The molecule has 0 fully saturated rings. The molecule has 2 N–H and O–H groups in total. The largest absolute Gasteiger partial charge is 0.356 e. The number of pyridine rings is 1. The molecule has 0 atom stereocenters. The molecule has 2 aromatic rings. The third kappa shape index (κ3) is 3.04. The molecular weight excluding hydrogens is 234 g/mol. The molecule has 0 radical (unpaired) electrons. The molecule has 1 aromatic carbocycles. The van der Waals surface area contributed by atoms with E-state index in [9.17, 15) is 0 Å². The number of hydrogen-bond acceptors (Lipinski definition) is 3. The Morgan fingerprint density at radius 2 is 2.00 bits per heavy atom. The molecule has 0 spiro atoms. The van der Waals surface area contributed by atoms with Gasteiger partial charge in [0.05, 0.1) is 5.69 Å². The van der Waals surface area contributed by atoms with E-state index in [0.717, 1.165) is 24.6 Å². The summed E-state index contributed by atoms with van der Waals surface area (Å²) in [4.78, 5) is 7.10. The first-order valence-corrected chi connectivity index (χ1v) is 7.13. The van der Waals surface area contributed by atoms with Crippen molar-refractivity contribution >= 4 is 16.6 Å². The SMILES string of the molecule is CCCCN(CC)c1nc(CN)cc2ccccc12. The maximum Gasteiger partial charge on any atom is 0.136 e. The van der Waals surface area contributed by atoms with Crippen molar-refractivity contribution in [3.63, 3.8) is 0 Å². The van der Waals surface area contributed by atoms with Crippen molar-refractivity contribution in [1.29, 1.82) is 0 Å². The predicted octanol–water partition coefficient (Wildman–Crippen LogP) is 3.32. The van der Waals surface area contributed by atoms with Crippen LogP contribution >= 0.6 is 0 Å². The van der Waals surface area contributed by atoms with Crippen LogP contribution in [-0.4, -0.2) is 18.1 Å². The third-order valence-corrected chi connectivity index (χ3v) is 3.45. The molecule has 102 valence electrons. The van der Waals surface area contributed by atoms with E-state index < -0.39 is 0 Å². The van der Waals surface area contributed by atoms with Crippen LogP contribution in [0, 0.1) is 0 Å². The molecule has 0 aliphatic heterocycles. The fraction of sp³-hybridized carbons (Fsp3) is 0.438. The second kappa shape index (κ2) is 6.53. The van der Waals surface area contributed by atoms with Gasteiger partial charge in [-0.3, -0.25) is 0 Å². The minimum Gasteiger partial charge on any atom is -0.356 e. The summed E-state index contributed by atoms with van der Waals surface area (Å²) in [6.45, 7) is 6.92. The number of nitrogens with two attached hydrogens (primary N) is 1. The van der Waals surface area contributed by atoms with Gasteiger partial charge in [0.1, 0.15) is 5.82 Å². The summed E-state index contributed by atoms with van der Waals surface area (Å²) < 4.78 is 0. The average molecular weight is 257 g/mol. The van der Waals surface area contributed by atoms with Crippen molar-refractivity contribution in [2.75, 3.05) is 18.0 Å². The predicted molar refractivity (Wildman–Crippen MR) is 82.4 cm³/mol. The van der Waals surface area contributed by atoms with Crippen molar-refractivity contribution in [3.05, 3.63) is 36.0 Å². The highest BCUT2D eigenvalue weighted by Crippen LogP contribution is 2.26. The Labute approximate surface area is 115 Å². The van der Waals surface area contributed by atoms with E-state index in [1.165, 1.54) is 23.6 Å². The van der Waals surface area contributed by atoms with E-state index in [1.807, 2.05) is 0 Å². The number of aromatic nitrogens is 1. The third-order valence-electron chi connectivity index (χ3n) is 3.45. The molecular formula is C16H23N3. The van der Waals surface area contributed by atoms with Crippen LogP contribution in [0.25, 0.3) is 10.8 Å². The average Bonchev–Trinajstić information content (AvgIpc) is 2.47. The molecule has 0 bridgehead atoms. The summed E-state index contributed by atoms with van der Waals surface area (Å²) in [6, 6.07) is 10.5. The molecule has 2 rings (SSSR count). The van der Waals surface area contributed by atoms with Crippen LogP contribution in [0.4, 0.5) is 5.82 Å². The number of fused-ring (bicyclic) bond motifs is 1. The second-order valence-electron chi connectivity index (χ2n) is 4.80. The van der Waals surface area contributed by atoms with Gasteiger partial charge in [-0.05, 0) is 24.8 Å². The van der Waals surface area contributed by atoms with Crippen molar-refractivity contribution in [2.45, 2.75) is 33.2 Å². The number of benzene rings is 1. The lowest BCUT2D eigenvalue weighted by atomic mass is 10.1. The molecule has 0 unspecified atom stereocenters. The van der Waals surface area contributed by atoms with Crippen molar-refractivity contribution in [2.24, 2.45) is 5.73 Å². The summed E-state index contributed by atoms with van der Waals surface area (Å²) in [5.41, 5.74) is 6.73. The lowest BCUT2D eigenvalue weighted by molar-refractivity contribution is 0.724. The van der Waals surface area contributed by atoms with E-state index in [4.69, 9.17) is 10.7 Å². The molecule has 0 amide bonds. The van der Waals surface area contributed by atoms with E-state index >= 15 is 0 Å². The molecule has 1 heterocycles. The maximum atomic E-state index is 5.77. The topological polar surface area (TPSA) is 42.2 Å².